The Balaban J connectivity index is 1.77. The number of rotatable bonds is 4. The molecule has 0 saturated heterocycles. The van der Waals surface area contributed by atoms with E-state index in [0.29, 0.717) is 6.54 Å². The van der Waals surface area contributed by atoms with E-state index in [9.17, 15) is 4.79 Å². The number of methoxy groups -OCH3 is 1. The first-order valence-corrected chi connectivity index (χ1v) is 8.57. The van der Waals surface area contributed by atoms with Gasteiger partial charge in [0.15, 0.2) is 0 Å². The minimum atomic E-state index is 0.0259. The molecule has 4 aromatic rings. The van der Waals surface area contributed by atoms with Crippen LogP contribution in [0.5, 0.6) is 5.75 Å². The maximum Gasteiger partial charge on any atom is 0.258 e. The topological polar surface area (TPSA) is 31.2 Å². The molecule has 3 nitrogen and oxygen atoms in total. The Hall–Kier alpha value is -3.33. The predicted molar refractivity (Wildman–Crippen MR) is 106 cm³/mol. The Bertz CT molecular complexity index is 1110. The molecule has 26 heavy (non-hydrogen) atoms. The van der Waals surface area contributed by atoms with E-state index in [0.717, 1.165) is 33.2 Å². The number of para-hydroxylation sites is 1. The minimum Gasteiger partial charge on any atom is -0.496 e. The molecule has 1 aromatic heterocycles. The van der Waals surface area contributed by atoms with Crippen molar-refractivity contribution in [1.29, 1.82) is 0 Å². The van der Waals surface area contributed by atoms with Crippen molar-refractivity contribution < 1.29 is 4.74 Å². The quantitative estimate of drug-likeness (QED) is 0.537. The lowest BCUT2D eigenvalue weighted by molar-refractivity contribution is 0.416. The summed E-state index contributed by atoms with van der Waals surface area (Å²) in [6.45, 7) is 0.573. The highest BCUT2D eigenvalue weighted by molar-refractivity contribution is 5.87. The first-order valence-electron chi connectivity index (χ1n) is 8.57. The van der Waals surface area contributed by atoms with E-state index in [2.05, 4.69) is 0 Å². The van der Waals surface area contributed by atoms with Gasteiger partial charge in [-0.3, -0.25) is 4.79 Å². The van der Waals surface area contributed by atoms with Gasteiger partial charge in [-0.05, 0) is 40.8 Å². The summed E-state index contributed by atoms with van der Waals surface area (Å²) in [6.07, 6.45) is 1.86. The fourth-order valence-corrected chi connectivity index (χ4v) is 3.24. The second-order valence-corrected chi connectivity index (χ2v) is 6.24. The molecule has 128 valence electrons. The van der Waals surface area contributed by atoms with Gasteiger partial charge in [-0.1, -0.05) is 54.6 Å². The van der Waals surface area contributed by atoms with Crippen molar-refractivity contribution in [2.45, 2.75) is 6.54 Å². The van der Waals surface area contributed by atoms with Crippen LogP contribution in [-0.2, 0) is 6.54 Å². The molecule has 0 amide bonds. The Morgan fingerprint density at radius 3 is 2.46 bits per heavy atom. The van der Waals surface area contributed by atoms with E-state index in [1.54, 1.807) is 11.7 Å². The van der Waals surface area contributed by atoms with Crippen LogP contribution in [0.15, 0.2) is 89.9 Å². The standard InChI is InChI=1S/C23H19NO2/c1-26-22-10-6-5-9-20(22)18-11-12-21-19(15-18)13-14-24(23(21)25)16-17-7-3-2-4-8-17/h2-15H,16H2,1H3. The van der Waals surface area contributed by atoms with E-state index < -0.39 is 0 Å². The van der Waals surface area contributed by atoms with Gasteiger partial charge in [0.2, 0.25) is 0 Å². The monoisotopic (exact) mass is 341 g/mol. The average Bonchev–Trinajstić information content (AvgIpc) is 2.70. The Kier molecular flexibility index (Phi) is 4.28. The summed E-state index contributed by atoms with van der Waals surface area (Å²) in [7, 11) is 1.67. The van der Waals surface area contributed by atoms with E-state index in [1.807, 2.05) is 85.1 Å². The highest BCUT2D eigenvalue weighted by atomic mass is 16.5. The molecule has 0 aliphatic heterocycles. The van der Waals surface area contributed by atoms with Gasteiger partial charge in [-0.2, -0.15) is 0 Å². The van der Waals surface area contributed by atoms with Gasteiger partial charge in [0.25, 0.3) is 5.56 Å². The van der Waals surface area contributed by atoms with Crippen LogP contribution in [-0.4, -0.2) is 11.7 Å². The van der Waals surface area contributed by atoms with Gasteiger partial charge in [0.05, 0.1) is 13.7 Å². The van der Waals surface area contributed by atoms with Crippen LogP contribution in [0.25, 0.3) is 21.9 Å². The van der Waals surface area contributed by atoms with Crippen LogP contribution >= 0.6 is 0 Å². The molecule has 3 heteroatoms. The molecule has 0 N–H and O–H groups in total. The lowest BCUT2D eigenvalue weighted by atomic mass is 10.0. The number of pyridine rings is 1. The molecule has 0 radical (unpaired) electrons. The van der Waals surface area contributed by atoms with Crippen molar-refractivity contribution >= 4 is 10.8 Å². The highest BCUT2D eigenvalue weighted by Crippen LogP contribution is 2.31. The van der Waals surface area contributed by atoms with Gasteiger partial charge in [0.1, 0.15) is 5.75 Å². The summed E-state index contributed by atoms with van der Waals surface area (Å²) in [5, 5.41) is 1.66. The zero-order valence-corrected chi connectivity index (χ0v) is 14.6. The third-order valence-electron chi connectivity index (χ3n) is 4.59. The first kappa shape index (κ1) is 16.2. The van der Waals surface area contributed by atoms with Gasteiger partial charge in [0, 0.05) is 17.1 Å². The van der Waals surface area contributed by atoms with Crippen LogP contribution in [0, 0.1) is 0 Å². The number of benzene rings is 3. The van der Waals surface area contributed by atoms with E-state index in [4.69, 9.17) is 4.74 Å². The van der Waals surface area contributed by atoms with Crippen molar-refractivity contribution in [3.05, 3.63) is 101 Å². The molecule has 0 unspecified atom stereocenters. The highest BCUT2D eigenvalue weighted by Gasteiger charge is 2.08. The number of ether oxygens (including phenoxy) is 1. The molecule has 0 bridgehead atoms. The Labute approximate surface area is 152 Å². The smallest absolute Gasteiger partial charge is 0.258 e. The van der Waals surface area contributed by atoms with Gasteiger partial charge < -0.3 is 9.30 Å². The number of hydrogen-bond acceptors (Lipinski definition) is 2. The largest absolute Gasteiger partial charge is 0.496 e. The maximum absolute atomic E-state index is 12.8. The SMILES string of the molecule is COc1ccccc1-c1ccc2c(=O)n(Cc3ccccc3)ccc2c1. The summed E-state index contributed by atoms with van der Waals surface area (Å²) in [5.41, 5.74) is 3.19. The van der Waals surface area contributed by atoms with E-state index in [-0.39, 0.29) is 5.56 Å². The van der Waals surface area contributed by atoms with Crippen LogP contribution < -0.4 is 10.3 Å². The molecule has 0 saturated carbocycles. The summed E-state index contributed by atoms with van der Waals surface area (Å²) < 4.78 is 7.21. The average molecular weight is 341 g/mol. The molecule has 1 heterocycles. The van der Waals surface area contributed by atoms with Gasteiger partial charge in [-0.15, -0.1) is 0 Å². The number of aromatic nitrogens is 1. The number of hydrogen-bond donors (Lipinski definition) is 0. The third-order valence-corrected chi connectivity index (χ3v) is 4.59. The summed E-state index contributed by atoms with van der Waals surface area (Å²) in [4.78, 5) is 12.8. The fraction of sp³-hybridized carbons (Fsp3) is 0.0870. The predicted octanol–water partition coefficient (Wildman–Crippen LogP) is 4.73. The zero-order chi connectivity index (χ0) is 17.9. The van der Waals surface area contributed by atoms with Crippen molar-refractivity contribution in [1.82, 2.24) is 4.57 Å². The van der Waals surface area contributed by atoms with Crippen molar-refractivity contribution in [2.75, 3.05) is 7.11 Å². The summed E-state index contributed by atoms with van der Waals surface area (Å²) >= 11 is 0. The van der Waals surface area contributed by atoms with Gasteiger partial charge >= 0.3 is 0 Å². The van der Waals surface area contributed by atoms with Crippen LogP contribution in [0.2, 0.25) is 0 Å². The molecule has 4 rings (SSSR count). The third kappa shape index (κ3) is 3.00. The summed E-state index contributed by atoms with van der Waals surface area (Å²) in [5.74, 6) is 0.823. The lowest BCUT2D eigenvalue weighted by Crippen LogP contribution is -2.19. The van der Waals surface area contributed by atoms with Crippen LogP contribution in [0.3, 0.4) is 0 Å². The molecule has 0 aliphatic rings. The molecule has 0 atom stereocenters. The van der Waals surface area contributed by atoms with Crippen molar-refractivity contribution in [2.24, 2.45) is 0 Å². The fourth-order valence-electron chi connectivity index (χ4n) is 3.24. The van der Waals surface area contributed by atoms with Crippen molar-refractivity contribution in [3.63, 3.8) is 0 Å². The molecule has 0 spiro atoms. The normalized spacial score (nSPS) is 10.8. The zero-order valence-electron chi connectivity index (χ0n) is 14.6. The second-order valence-electron chi connectivity index (χ2n) is 6.24. The molecule has 3 aromatic carbocycles. The maximum atomic E-state index is 12.8. The summed E-state index contributed by atoms with van der Waals surface area (Å²) in [6, 6.07) is 25.8. The molecule has 0 fully saturated rings. The lowest BCUT2D eigenvalue weighted by Gasteiger charge is -2.11. The van der Waals surface area contributed by atoms with Crippen LogP contribution in [0.4, 0.5) is 0 Å². The van der Waals surface area contributed by atoms with Gasteiger partial charge in [-0.25, -0.2) is 0 Å². The molecule has 0 aliphatic carbocycles. The Morgan fingerprint density at radius 2 is 1.65 bits per heavy atom. The van der Waals surface area contributed by atoms with Crippen molar-refractivity contribution in [3.8, 4) is 16.9 Å². The minimum absolute atomic E-state index is 0.0259. The second kappa shape index (κ2) is 6.89. The van der Waals surface area contributed by atoms with E-state index in [1.165, 1.54) is 0 Å². The molecular formula is C23H19NO2. The van der Waals surface area contributed by atoms with Crippen LogP contribution in [0.1, 0.15) is 5.56 Å². The number of fused-ring (bicyclic) bond motifs is 1. The first-order chi connectivity index (χ1) is 12.8. The molecular weight excluding hydrogens is 322 g/mol. The Morgan fingerprint density at radius 1 is 0.885 bits per heavy atom. The van der Waals surface area contributed by atoms with E-state index >= 15 is 0 Å². The number of nitrogens with zero attached hydrogens (tertiary/aromatic N) is 1.